The standard InChI is InChI=1S/C33H44N2O5Si/c1-24(17-26-13-10-14-27(18-26)19-32(37)38)34-21-31(40-41(5,6)33(2,3)4)28-15-16-30(29(20-28)35-23-36)39-22-25-11-8-7-9-12-25/h7-16,18,20,23-24,31,34H,17,19,21-22H2,1-6H3,(H,35,36)(H,37,38)/t24-,31+/m1/s1. The van der Waals surface area contributed by atoms with E-state index in [0.717, 1.165) is 28.7 Å². The highest BCUT2D eigenvalue weighted by Gasteiger charge is 2.39. The highest BCUT2D eigenvalue weighted by atomic mass is 28.4. The Balaban J connectivity index is 1.80. The molecule has 0 fully saturated rings. The molecule has 1 amide bonds. The predicted octanol–water partition coefficient (Wildman–Crippen LogP) is 6.74. The van der Waals surface area contributed by atoms with Gasteiger partial charge in [0.2, 0.25) is 6.41 Å². The fourth-order valence-electron chi connectivity index (χ4n) is 4.32. The lowest BCUT2D eigenvalue weighted by Gasteiger charge is -2.40. The fraction of sp³-hybridized carbons (Fsp3) is 0.394. The molecule has 0 spiro atoms. The van der Waals surface area contributed by atoms with E-state index in [2.05, 4.69) is 51.4 Å². The van der Waals surface area contributed by atoms with Crippen molar-refractivity contribution in [1.82, 2.24) is 5.32 Å². The van der Waals surface area contributed by atoms with Gasteiger partial charge in [-0.2, -0.15) is 0 Å². The van der Waals surface area contributed by atoms with Crippen LogP contribution in [-0.4, -0.2) is 38.4 Å². The first-order valence-electron chi connectivity index (χ1n) is 14.1. The van der Waals surface area contributed by atoms with Crippen LogP contribution < -0.4 is 15.4 Å². The van der Waals surface area contributed by atoms with Gasteiger partial charge in [0.05, 0.1) is 18.2 Å². The van der Waals surface area contributed by atoms with Crippen LogP contribution in [0.25, 0.3) is 0 Å². The van der Waals surface area contributed by atoms with Crippen LogP contribution in [0.2, 0.25) is 18.1 Å². The van der Waals surface area contributed by atoms with Crippen molar-refractivity contribution < 1.29 is 23.9 Å². The molecule has 2 atom stereocenters. The molecule has 0 unspecified atom stereocenters. The quantitative estimate of drug-likeness (QED) is 0.137. The number of aliphatic carboxylic acids is 1. The van der Waals surface area contributed by atoms with E-state index < -0.39 is 14.3 Å². The van der Waals surface area contributed by atoms with Gasteiger partial charge in [0.15, 0.2) is 8.32 Å². The molecule has 0 aliphatic carbocycles. The largest absolute Gasteiger partial charge is 0.487 e. The van der Waals surface area contributed by atoms with Crippen LogP contribution in [0.1, 0.15) is 56.1 Å². The van der Waals surface area contributed by atoms with Gasteiger partial charge in [0.25, 0.3) is 0 Å². The molecule has 220 valence electrons. The van der Waals surface area contributed by atoms with E-state index in [4.69, 9.17) is 14.3 Å². The van der Waals surface area contributed by atoms with Gasteiger partial charge in [-0.1, -0.05) is 81.4 Å². The smallest absolute Gasteiger partial charge is 0.307 e. The summed E-state index contributed by atoms with van der Waals surface area (Å²) in [5.41, 5.74) is 4.48. The van der Waals surface area contributed by atoms with E-state index in [-0.39, 0.29) is 23.6 Å². The first-order valence-corrected chi connectivity index (χ1v) is 17.0. The van der Waals surface area contributed by atoms with E-state index in [1.54, 1.807) is 0 Å². The van der Waals surface area contributed by atoms with Crippen molar-refractivity contribution >= 4 is 26.4 Å². The molecule has 3 rings (SSSR count). The SMILES string of the molecule is C[C@H](Cc1cccc(CC(=O)O)c1)NC[C@H](O[Si](C)(C)C(C)(C)C)c1ccc(OCc2ccccc2)c(NC=O)c1. The average molecular weight is 577 g/mol. The molecule has 0 heterocycles. The van der Waals surface area contributed by atoms with E-state index in [1.165, 1.54) is 0 Å². The van der Waals surface area contributed by atoms with Gasteiger partial charge in [-0.15, -0.1) is 0 Å². The Morgan fingerprint density at radius 3 is 2.32 bits per heavy atom. The van der Waals surface area contributed by atoms with E-state index in [9.17, 15) is 9.59 Å². The number of nitrogens with one attached hydrogen (secondary N) is 2. The monoisotopic (exact) mass is 576 g/mol. The van der Waals surface area contributed by atoms with E-state index in [1.807, 2.05) is 72.8 Å². The van der Waals surface area contributed by atoms with Crippen LogP contribution in [0.5, 0.6) is 5.75 Å². The van der Waals surface area contributed by atoms with Crippen LogP contribution in [0.15, 0.2) is 72.8 Å². The van der Waals surface area contributed by atoms with Gasteiger partial charge in [0.1, 0.15) is 12.4 Å². The fourth-order valence-corrected chi connectivity index (χ4v) is 5.60. The molecule has 7 nitrogen and oxygen atoms in total. The second-order valence-corrected chi connectivity index (χ2v) is 16.8. The molecule has 0 bridgehead atoms. The zero-order valence-electron chi connectivity index (χ0n) is 25.1. The second kappa shape index (κ2) is 14.4. The van der Waals surface area contributed by atoms with Gasteiger partial charge >= 0.3 is 5.97 Å². The number of benzene rings is 3. The minimum atomic E-state index is -2.15. The summed E-state index contributed by atoms with van der Waals surface area (Å²) in [7, 11) is -2.15. The number of hydrogen-bond donors (Lipinski definition) is 3. The molecule has 0 radical (unpaired) electrons. The summed E-state index contributed by atoms with van der Waals surface area (Å²) in [4.78, 5) is 22.6. The number of amides is 1. The van der Waals surface area contributed by atoms with Crippen LogP contribution in [-0.2, 0) is 33.5 Å². The number of hydrogen-bond acceptors (Lipinski definition) is 5. The number of rotatable bonds is 15. The second-order valence-electron chi connectivity index (χ2n) is 12.1. The summed E-state index contributed by atoms with van der Waals surface area (Å²) in [5, 5.41) is 15.6. The molecule has 0 aliphatic rings. The molecule has 3 N–H and O–H groups in total. The summed E-state index contributed by atoms with van der Waals surface area (Å²) >= 11 is 0. The van der Waals surface area contributed by atoms with Gasteiger partial charge in [-0.3, -0.25) is 9.59 Å². The maximum atomic E-state index is 11.5. The Morgan fingerprint density at radius 2 is 1.66 bits per heavy atom. The summed E-state index contributed by atoms with van der Waals surface area (Å²) < 4.78 is 13.0. The molecular weight excluding hydrogens is 532 g/mol. The highest BCUT2D eigenvalue weighted by Crippen LogP contribution is 2.40. The average Bonchev–Trinajstić information content (AvgIpc) is 2.90. The Kier molecular flexibility index (Phi) is 11.3. The number of carbonyl (C=O) groups excluding carboxylic acids is 1. The molecule has 0 aliphatic heterocycles. The first kappa shape index (κ1) is 32.1. The Hall–Kier alpha value is -3.46. The number of carbonyl (C=O) groups is 2. The third kappa shape index (κ3) is 9.84. The van der Waals surface area contributed by atoms with Gasteiger partial charge in [0, 0.05) is 12.6 Å². The predicted molar refractivity (Wildman–Crippen MR) is 167 cm³/mol. The van der Waals surface area contributed by atoms with Crippen LogP contribution in [0.3, 0.4) is 0 Å². The number of carboxylic acids is 1. The van der Waals surface area contributed by atoms with Crippen LogP contribution in [0.4, 0.5) is 5.69 Å². The third-order valence-corrected chi connectivity index (χ3v) is 12.1. The number of anilines is 1. The lowest BCUT2D eigenvalue weighted by atomic mass is 10.0. The molecule has 0 saturated carbocycles. The minimum Gasteiger partial charge on any atom is -0.487 e. The van der Waals surface area contributed by atoms with Crippen molar-refractivity contribution in [1.29, 1.82) is 0 Å². The van der Waals surface area contributed by atoms with Gasteiger partial charge in [-0.25, -0.2) is 0 Å². The Morgan fingerprint density at radius 1 is 0.976 bits per heavy atom. The number of ether oxygens (including phenoxy) is 1. The maximum Gasteiger partial charge on any atom is 0.307 e. The van der Waals surface area contributed by atoms with Gasteiger partial charge in [-0.05, 0) is 65.9 Å². The maximum absolute atomic E-state index is 11.5. The lowest BCUT2D eigenvalue weighted by molar-refractivity contribution is -0.136. The molecule has 3 aromatic carbocycles. The molecule has 0 saturated heterocycles. The summed E-state index contributed by atoms with van der Waals surface area (Å²) in [6.07, 6.45) is 1.19. The van der Waals surface area contributed by atoms with Crippen molar-refractivity contribution in [2.45, 2.75) is 77.4 Å². The Bertz CT molecular complexity index is 1290. The summed E-state index contributed by atoms with van der Waals surface area (Å²) in [6.45, 7) is 14.2. The number of carboxylic acid groups (broad SMARTS) is 1. The minimum absolute atomic E-state index is 0.0142. The van der Waals surface area contributed by atoms with Crippen molar-refractivity contribution in [3.63, 3.8) is 0 Å². The lowest BCUT2D eigenvalue weighted by Crippen LogP contribution is -2.44. The van der Waals surface area contributed by atoms with Gasteiger partial charge < -0.3 is 24.9 Å². The molecule has 3 aromatic rings. The summed E-state index contributed by atoms with van der Waals surface area (Å²) in [5.74, 6) is -0.239. The third-order valence-electron chi connectivity index (χ3n) is 7.61. The van der Waals surface area contributed by atoms with E-state index in [0.29, 0.717) is 31.0 Å². The summed E-state index contributed by atoms with van der Waals surface area (Å²) in [6, 6.07) is 23.6. The highest BCUT2D eigenvalue weighted by molar-refractivity contribution is 6.74. The molecule has 0 aromatic heterocycles. The van der Waals surface area contributed by atoms with Crippen LogP contribution in [0, 0.1) is 0 Å². The van der Waals surface area contributed by atoms with Crippen molar-refractivity contribution in [2.75, 3.05) is 11.9 Å². The van der Waals surface area contributed by atoms with E-state index >= 15 is 0 Å². The molecular formula is C33H44N2O5Si. The normalized spacial score (nSPS) is 13.3. The van der Waals surface area contributed by atoms with Crippen LogP contribution >= 0.6 is 0 Å². The molecule has 8 heteroatoms. The zero-order chi connectivity index (χ0) is 30.0. The van der Waals surface area contributed by atoms with Crippen molar-refractivity contribution in [2.24, 2.45) is 0 Å². The Labute approximate surface area is 245 Å². The van der Waals surface area contributed by atoms with Crippen molar-refractivity contribution in [3.05, 3.63) is 95.1 Å². The topological polar surface area (TPSA) is 96.9 Å². The van der Waals surface area contributed by atoms with Crippen molar-refractivity contribution in [3.8, 4) is 5.75 Å². The first-order chi connectivity index (χ1) is 19.4. The molecule has 41 heavy (non-hydrogen) atoms. The zero-order valence-corrected chi connectivity index (χ0v) is 26.1.